The first kappa shape index (κ1) is 29.6. The quantitative estimate of drug-likeness (QED) is 0.309. The number of fused-ring (bicyclic) bond motifs is 1. The van der Waals surface area contributed by atoms with Gasteiger partial charge in [0.05, 0.1) is 25.7 Å². The number of nitrogens with zero attached hydrogens (tertiary/aromatic N) is 1. The first-order valence-corrected chi connectivity index (χ1v) is 14.4. The van der Waals surface area contributed by atoms with Gasteiger partial charge in [-0.25, -0.2) is 0 Å². The Morgan fingerprint density at radius 2 is 1.80 bits per heavy atom. The summed E-state index contributed by atoms with van der Waals surface area (Å²) in [5.74, 6) is -0.0448. The topological polar surface area (TPSA) is 98.7 Å². The van der Waals surface area contributed by atoms with Crippen molar-refractivity contribution in [1.29, 1.82) is 0 Å². The van der Waals surface area contributed by atoms with Crippen LogP contribution in [0.25, 0.3) is 10.9 Å². The predicted molar refractivity (Wildman–Crippen MR) is 156 cm³/mol. The van der Waals surface area contributed by atoms with Crippen LogP contribution in [0, 0.1) is 6.92 Å². The van der Waals surface area contributed by atoms with Gasteiger partial charge in [-0.05, 0) is 81.1 Å². The zero-order valence-electron chi connectivity index (χ0n) is 23.4. The van der Waals surface area contributed by atoms with Gasteiger partial charge in [0.2, 0.25) is 5.91 Å². The maximum Gasteiger partial charge on any atom is 0.323 e. The smallest absolute Gasteiger partial charge is 0.323 e. The molecule has 9 heteroatoms. The Morgan fingerprint density at radius 1 is 1.07 bits per heavy atom. The van der Waals surface area contributed by atoms with E-state index < -0.39 is 6.04 Å². The largest absolute Gasteiger partial charge is 0.497 e. The zero-order chi connectivity index (χ0) is 28.6. The van der Waals surface area contributed by atoms with E-state index in [1.165, 1.54) is 6.42 Å². The van der Waals surface area contributed by atoms with Gasteiger partial charge < -0.3 is 20.1 Å². The first-order valence-electron chi connectivity index (χ1n) is 14.0. The van der Waals surface area contributed by atoms with Crippen LogP contribution in [-0.2, 0) is 20.7 Å². The first-order chi connectivity index (χ1) is 19.3. The molecule has 8 nitrogen and oxygen atoms in total. The number of hydrogen-bond acceptors (Lipinski definition) is 6. The van der Waals surface area contributed by atoms with Crippen LogP contribution in [0.1, 0.15) is 67.1 Å². The Kier molecular flexibility index (Phi) is 10.2. The number of methoxy groups -OCH3 is 1. The molecule has 0 aliphatic heterocycles. The molecule has 1 saturated carbocycles. The molecule has 1 aromatic heterocycles. The van der Waals surface area contributed by atoms with Gasteiger partial charge in [0.25, 0.3) is 5.91 Å². The molecule has 40 heavy (non-hydrogen) atoms. The minimum absolute atomic E-state index is 0.0799. The van der Waals surface area contributed by atoms with Crippen molar-refractivity contribution in [3.8, 4) is 5.75 Å². The monoisotopic (exact) mass is 567 g/mol. The van der Waals surface area contributed by atoms with E-state index in [9.17, 15) is 14.4 Å². The fourth-order valence-electron chi connectivity index (χ4n) is 5.44. The third-order valence-corrected chi connectivity index (χ3v) is 7.79. The van der Waals surface area contributed by atoms with Crippen LogP contribution in [0.15, 0.2) is 42.5 Å². The van der Waals surface area contributed by atoms with E-state index in [4.69, 9.17) is 21.1 Å². The van der Waals surface area contributed by atoms with Gasteiger partial charge in [-0.3, -0.25) is 19.0 Å². The molecule has 1 amide bonds. The second kappa shape index (κ2) is 13.8. The molecule has 0 saturated heterocycles. The molecular formula is C31H38ClN3O5. The summed E-state index contributed by atoms with van der Waals surface area (Å²) in [4.78, 5) is 39.2. The molecule has 214 valence electrons. The number of carbonyl (C=O) groups is 3. The SMILES string of the molecule is CCOC(=O)C(CCNC(=O)Cc1c(C)n(C(=O)c2ccc(Cl)cc2)c2ccc(OC)cc12)NC1CCCCC1. The Balaban J connectivity index is 1.50. The summed E-state index contributed by atoms with van der Waals surface area (Å²) in [5, 5.41) is 7.75. The third-order valence-electron chi connectivity index (χ3n) is 7.54. The maximum absolute atomic E-state index is 13.5. The Bertz CT molecular complexity index is 1350. The van der Waals surface area contributed by atoms with Crippen molar-refractivity contribution in [3.05, 3.63) is 64.3 Å². The van der Waals surface area contributed by atoms with E-state index in [0.717, 1.165) is 36.6 Å². The summed E-state index contributed by atoms with van der Waals surface area (Å²) in [7, 11) is 1.58. The lowest BCUT2D eigenvalue weighted by Gasteiger charge is -2.27. The number of carbonyl (C=O) groups excluding carboxylic acids is 3. The molecule has 0 spiro atoms. The summed E-state index contributed by atoms with van der Waals surface area (Å²) in [6.45, 7) is 4.28. The van der Waals surface area contributed by atoms with Crippen molar-refractivity contribution in [3.63, 3.8) is 0 Å². The van der Waals surface area contributed by atoms with Crippen molar-refractivity contribution in [2.45, 2.75) is 70.9 Å². The van der Waals surface area contributed by atoms with Crippen LogP contribution in [-0.4, -0.2) is 54.7 Å². The van der Waals surface area contributed by atoms with Gasteiger partial charge in [-0.15, -0.1) is 0 Å². The van der Waals surface area contributed by atoms with Gasteiger partial charge in [-0.1, -0.05) is 30.9 Å². The summed E-state index contributed by atoms with van der Waals surface area (Å²) in [6.07, 6.45) is 6.14. The number of esters is 1. The van der Waals surface area contributed by atoms with E-state index in [2.05, 4.69) is 10.6 Å². The number of amides is 1. The molecular weight excluding hydrogens is 530 g/mol. The van der Waals surface area contributed by atoms with Crippen molar-refractivity contribution in [2.24, 2.45) is 0 Å². The van der Waals surface area contributed by atoms with E-state index in [1.807, 2.05) is 19.1 Å². The van der Waals surface area contributed by atoms with Gasteiger partial charge in [-0.2, -0.15) is 0 Å². The fraction of sp³-hybridized carbons (Fsp3) is 0.452. The summed E-state index contributed by atoms with van der Waals surface area (Å²) in [5.41, 5.74) is 2.62. The fourth-order valence-corrected chi connectivity index (χ4v) is 5.57. The van der Waals surface area contributed by atoms with Gasteiger partial charge >= 0.3 is 5.97 Å². The normalized spacial score (nSPS) is 14.6. The lowest BCUT2D eigenvalue weighted by atomic mass is 9.94. The zero-order valence-corrected chi connectivity index (χ0v) is 24.2. The van der Waals surface area contributed by atoms with E-state index in [0.29, 0.717) is 53.2 Å². The highest BCUT2D eigenvalue weighted by Gasteiger charge is 2.25. The highest BCUT2D eigenvalue weighted by molar-refractivity contribution is 6.30. The minimum Gasteiger partial charge on any atom is -0.497 e. The Labute approximate surface area is 240 Å². The van der Waals surface area contributed by atoms with Crippen molar-refractivity contribution < 1.29 is 23.9 Å². The van der Waals surface area contributed by atoms with Crippen LogP contribution in [0.5, 0.6) is 5.75 Å². The lowest BCUT2D eigenvalue weighted by molar-refractivity contribution is -0.146. The molecule has 0 bridgehead atoms. The maximum atomic E-state index is 13.5. The van der Waals surface area contributed by atoms with E-state index in [1.54, 1.807) is 48.9 Å². The van der Waals surface area contributed by atoms with Crippen LogP contribution in [0.4, 0.5) is 0 Å². The molecule has 1 atom stereocenters. The van der Waals surface area contributed by atoms with Crippen LogP contribution in [0.3, 0.4) is 0 Å². The highest BCUT2D eigenvalue weighted by Crippen LogP contribution is 2.31. The number of benzene rings is 2. The van der Waals surface area contributed by atoms with Crippen molar-refractivity contribution in [2.75, 3.05) is 20.3 Å². The number of ether oxygens (including phenoxy) is 2. The number of rotatable bonds is 11. The summed E-state index contributed by atoms with van der Waals surface area (Å²) < 4.78 is 12.3. The van der Waals surface area contributed by atoms with Crippen molar-refractivity contribution >= 4 is 40.3 Å². The number of nitrogens with one attached hydrogen (secondary N) is 2. The Morgan fingerprint density at radius 3 is 2.48 bits per heavy atom. The number of aromatic nitrogens is 1. The molecule has 1 heterocycles. The average molecular weight is 568 g/mol. The van der Waals surface area contributed by atoms with Crippen molar-refractivity contribution in [1.82, 2.24) is 15.2 Å². The number of hydrogen-bond donors (Lipinski definition) is 2. The molecule has 1 aliphatic rings. The third kappa shape index (κ3) is 7.04. The van der Waals surface area contributed by atoms with Gasteiger partial charge in [0.15, 0.2) is 0 Å². The number of halogens is 1. The van der Waals surface area contributed by atoms with Gasteiger partial charge in [0, 0.05) is 34.3 Å². The molecule has 2 N–H and O–H groups in total. The molecule has 3 aromatic rings. The molecule has 1 fully saturated rings. The van der Waals surface area contributed by atoms with Crippen LogP contribution < -0.4 is 15.4 Å². The average Bonchev–Trinajstić information content (AvgIpc) is 3.23. The van der Waals surface area contributed by atoms with E-state index >= 15 is 0 Å². The second-order valence-corrected chi connectivity index (χ2v) is 10.7. The van der Waals surface area contributed by atoms with Gasteiger partial charge in [0.1, 0.15) is 11.8 Å². The van der Waals surface area contributed by atoms with Crippen LogP contribution in [0.2, 0.25) is 5.02 Å². The highest BCUT2D eigenvalue weighted by atomic mass is 35.5. The predicted octanol–water partition coefficient (Wildman–Crippen LogP) is 5.20. The van der Waals surface area contributed by atoms with Crippen LogP contribution >= 0.6 is 11.6 Å². The Hall–Kier alpha value is -3.36. The minimum atomic E-state index is -0.465. The summed E-state index contributed by atoms with van der Waals surface area (Å²) in [6, 6.07) is 12.0. The molecule has 1 aliphatic carbocycles. The standard InChI is InChI=1S/C31H38ClN3O5/c1-4-40-31(38)27(34-23-8-6-5-7-9-23)16-17-33-29(36)19-25-20(2)35(28-15-14-24(39-3)18-26(25)28)30(37)21-10-12-22(32)13-11-21/h10-15,18,23,27,34H,4-9,16-17,19H2,1-3H3,(H,33,36). The van der Waals surface area contributed by atoms with E-state index in [-0.39, 0.29) is 24.2 Å². The molecule has 1 unspecified atom stereocenters. The molecule has 2 aromatic carbocycles. The summed E-state index contributed by atoms with van der Waals surface area (Å²) >= 11 is 6.02. The second-order valence-electron chi connectivity index (χ2n) is 10.2. The lowest BCUT2D eigenvalue weighted by Crippen LogP contribution is -2.46. The molecule has 0 radical (unpaired) electrons. The molecule has 4 rings (SSSR count).